The molecule has 0 amide bonds. The molecule has 0 fully saturated rings. The Morgan fingerprint density at radius 2 is 1.38 bits per heavy atom. The number of nitrogens with one attached hydrogen (secondary N) is 1. The second kappa shape index (κ2) is 11.2. The van der Waals surface area contributed by atoms with E-state index in [2.05, 4.69) is 129 Å². The Morgan fingerprint density at radius 3 is 2.03 bits per heavy atom. The number of aromatic nitrogens is 1. The quantitative estimate of drug-likeness (QED) is 0.232. The molecule has 3 nitrogen and oxygen atoms in total. The molecule has 1 heterocycles. The van der Waals surface area contributed by atoms with Gasteiger partial charge in [-0.1, -0.05) is 78.4 Å². The third-order valence-electron chi connectivity index (χ3n) is 7.04. The maximum atomic E-state index is 11.3. The minimum atomic E-state index is -0.561. The van der Waals surface area contributed by atoms with Crippen molar-refractivity contribution in [2.24, 2.45) is 0 Å². The predicted molar refractivity (Wildman–Crippen MR) is 160 cm³/mol. The van der Waals surface area contributed by atoms with E-state index in [-0.39, 0.29) is 12.4 Å². The second-order valence-electron chi connectivity index (χ2n) is 9.88. The number of aryl methyl sites for hydroxylation is 4. The van der Waals surface area contributed by atoms with E-state index < -0.39 is 6.10 Å². The lowest BCUT2D eigenvalue weighted by atomic mass is 9.97. The van der Waals surface area contributed by atoms with Crippen LogP contribution in [0.5, 0.6) is 0 Å². The molecule has 4 heteroatoms. The molecule has 0 spiro atoms. The van der Waals surface area contributed by atoms with Gasteiger partial charge in [0.15, 0.2) is 0 Å². The Morgan fingerprint density at radius 1 is 0.730 bits per heavy atom. The van der Waals surface area contributed by atoms with E-state index in [9.17, 15) is 5.11 Å². The van der Waals surface area contributed by atoms with E-state index in [0.717, 1.165) is 16.9 Å². The van der Waals surface area contributed by atoms with Gasteiger partial charge in [0, 0.05) is 23.2 Å². The van der Waals surface area contributed by atoms with Crippen molar-refractivity contribution in [3.8, 4) is 22.4 Å². The van der Waals surface area contributed by atoms with E-state index in [1.807, 2.05) is 0 Å². The minimum Gasteiger partial charge on any atom is -0.389 e. The molecule has 0 saturated heterocycles. The van der Waals surface area contributed by atoms with E-state index in [0.29, 0.717) is 13.1 Å². The van der Waals surface area contributed by atoms with Gasteiger partial charge in [-0.3, -0.25) is 0 Å². The number of aliphatic hydroxyl groups is 1. The molecule has 0 aliphatic rings. The summed E-state index contributed by atoms with van der Waals surface area (Å²) < 4.78 is 2.33. The first-order chi connectivity index (χ1) is 17.4. The first-order valence-electron chi connectivity index (χ1n) is 12.7. The third kappa shape index (κ3) is 5.44. The molecule has 0 aliphatic carbocycles. The van der Waals surface area contributed by atoms with Crippen LogP contribution in [0.1, 0.15) is 22.3 Å². The number of aliphatic hydroxyl groups excluding tert-OH is 1. The lowest BCUT2D eigenvalue weighted by Crippen LogP contribution is -2.25. The second-order valence-corrected chi connectivity index (χ2v) is 9.88. The fourth-order valence-corrected chi connectivity index (χ4v) is 5.22. The SMILES string of the molecule is Cc1cc(C)c2c(c1)c(-c1ccccc1)c(-c1ccccc1)n2CC(O)CNc1ccc(C)c(C)c1.Cl. The molecule has 5 rings (SSSR count). The van der Waals surface area contributed by atoms with Crippen molar-refractivity contribution in [2.45, 2.75) is 40.3 Å². The molecule has 0 bridgehead atoms. The van der Waals surface area contributed by atoms with Gasteiger partial charge in [0.05, 0.1) is 23.9 Å². The number of rotatable bonds is 7. The van der Waals surface area contributed by atoms with E-state index >= 15 is 0 Å². The van der Waals surface area contributed by atoms with Crippen LogP contribution in [0.3, 0.4) is 0 Å². The molecule has 190 valence electrons. The summed E-state index contributed by atoms with van der Waals surface area (Å²) in [6.45, 7) is 9.53. The molecule has 2 N–H and O–H groups in total. The molecular formula is C33H35ClN2O. The zero-order valence-electron chi connectivity index (χ0n) is 22.0. The highest BCUT2D eigenvalue weighted by Crippen LogP contribution is 2.42. The smallest absolute Gasteiger partial charge is 0.0891 e. The summed E-state index contributed by atoms with van der Waals surface area (Å²) in [6.07, 6.45) is -0.561. The zero-order valence-corrected chi connectivity index (χ0v) is 22.8. The van der Waals surface area contributed by atoms with Gasteiger partial charge in [0.1, 0.15) is 0 Å². The monoisotopic (exact) mass is 510 g/mol. The molecule has 5 aromatic rings. The van der Waals surface area contributed by atoms with Crippen molar-refractivity contribution >= 4 is 29.0 Å². The van der Waals surface area contributed by atoms with Gasteiger partial charge in [-0.15, -0.1) is 12.4 Å². The number of anilines is 1. The fraction of sp³-hybridized carbons (Fsp3) is 0.212. The van der Waals surface area contributed by atoms with Crippen LogP contribution in [0, 0.1) is 27.7 Å². The Balaban J connectivity index is 0.00000320. The number of nitrogens with zero attached hydrogens (tertiary/aromatic N) is 1. The average Bonchev–Trinajstić information content (AvgIpc) is 3.19. The van der Waals surface area contributed by atoms with Crippen LogP contribution < -0.4 is 5.32 Å². The molecule has 0 radical (unpaired) electrons. The number of benzene rings is 4. The van der Waals surface area contributed by atoms with Crippen LogP contribution >= 0.6 is 12.4 Å². The van der Waals surface area contributed by atoms with Crippen LogP contribution in [0.15, 0.2) is 91.0 Å². The first-order valence-corrected chi connectivity index (χ1v) is 12.7. The van der Waals surface area contributed by atoms with Crippen molar-refractivity contribution in [3.63, 3.8) is 0 Å². The molecule has 1 aromatic heterocycles. The first kappa shape index (κ1) is 26.5. The summed E-state index contributed by atoms with van der Waals surface area (Å²) in [5.74, 6) is 0. The van der Waals surface area contributed by atoms with Gasteiger partial charge in [0.25, 0.3) is 0 Å². The van der Waals surface area contributed by atoms with E-state index in [4.69, 9.17) is 0 Å². The van der Waals surface area contributed by atoms with Crippen LogP contribution in [-0.2, 0) is 6.54 Å². The molecule has 1 unspecified atom stereocenters. The summed E-state index contributed by atoms with van der Waals surface area (Å²) in [5.41, 5.74) is 11.9. The van der Waals surface area contributed by atoms with Gasteiger partial charge in [0.2, 0.25) is 0 Å². The summed E-state index contributed by atoms with van der Waals surface area (Å²) in [7, 11) is 0. The molecular weight excluding hydrogens is 476 g/mol. The van der Waals surface area contributed by atoms with Gasteiger partial charge in [-0.25, -0.2) is 0 Å². The van der Waals surface area contributed by atoms with Crippen molar-refractivity contribution in [2.75, 3.05) is 11.9 Å². The summed E-state index contributed by atoms with van der Waals surface area (Å²) in [6, 6.07) is 32.0. The van der Waals surface area contributed by atoms with Crippen LogP contribution in [0.2, 0.25) is 0 Å². The third-order valence-corrected chi connectivity index (χ3v) is 7.04. The average molecular weight is 511 g/mol. The Hall–Kier alpha value is -3.53. The van der Waals surface area contributed by atoms with Gasteiger partial charge < -0.3 is 15.0 Å². The zero-order chi connectivity index (χ0) is 25.2. The molecule has 0 aliphatic heterocycles. The van der Waals surface area contributed by atoms with Crippen molar-refractivity contribution in [1.29, 1.82) is 0 Å². The van der Waals surface area contributed by atoms with Crippen LogP contribution in [-0.4, -0.2) is 22.3 Å². The van der Waals surface area contributed by atoms with Crippen molar-refractivity contribution in [1.82, 2.24) is 4.57 Å². The van der Waals surface area contributed by atoms with Crippen LogP contribution in [0.25, 0.3) is 33.3 Å². The number of fused-ring (bicyclic) bond motifs is 1. The van der Waals surface area contributed by atoms with Crippen molar-refractivity contribution < 1.29 is 5.11 Å². The standard InChI is InChI=1S/C33H34N2O.ClH/c1-22-17-25(4)32-30(18-22)31(26-11-7-5-8-12-26)33(27-13-9-6-10-14-27)35(32)21-29(36)20-34-28-16-15-23(2)24(3)19-28;/h5-19,29,34,36H,20-21H2,1-4H3;1H. The lowest BCUT2D eigenvalue weighted by molar-refractivity contribution is 0.169. The summed E-state index contributed by atoms with van der Waals surface area (Å²) in [4.78, 5) is 0. The number of halogens is 1. The largest absolute Gasteiger partial charge is 0.389 e. The van der Waals surface area contributed by atoms with E-state index in [1.165, 1.54) is 44.3 Å². The minimum absolute atomic E-state index is 0. The molecule has 0 saturated carbocycles. The highest BCUT2D eigenvalue weighted by molar-refractivity contribution is 6.06. The molecule has 1 atom stereocenters. The van der Waals surface area contributed by atoms with E-state index in [1.54, 1.807) is 0 Å². The van der Waals surface area contributed by atoms with Gasteiger partial charge in [-0.2, -0.15) is 0 Å². The number of hydrogen-bond acceptors (Lipinski definition) is 2. The fourth-order valence-electron chi connectivity index (χ4n) is 5.22. The van der Waals surface area contributed by atoms with Crippen molar-refractivity contribution in [3.05, 3.63) is 113 Å². The Kier molecular flexibility index (Phi) is 8.06. The normalized spacial score (nSPS) is 11.8. The molecule has 37 heavy (non-hydrogen) atoms. The Bertz CT molecular complexity index is 1510. The highest BCUT2D eigenvalue weighted by atomic mass is 35.5. The van der Waals surface area contributed by atoms with Gasteiger partial charge in [-0.05, 0) is 73.7 Å². The van der Waals surface area contributed by atoms with Gasteiger partial charge >= 0.3 is 0 Å². The topological polar surface area (TPSA) is 37.2 Å². The van der Waals surface area contributed by atoms with Crippen LogP contribution in [0.4, 0.5) is 5.69 Å². The summed E-state index contributed by atoms with van der Waals surface area (Å²) >= 11 is 0. The maximum Gasteiger partial charge on any atom is 0.0891 e. The highest BCUT2D eigenvalue weighted by Gasteiger charge is 2.23. The number of hydrogen-bond donors (Lipinski definition) is 2. The lowest BCUT2D eigenvalue weighted by Gasteiger charge is -2.19. The molecule has 4 aromatic carbocycles. The predicted octanol–water partition coefficient (Wildman–Crippen LogP) is 8.10. The maximum absolute atomic E-state index is 11.3. The summed E-state index contributed by atoms with van der Waals surface area (Å²) in [5, 5.41) is 15.9. The Labute approximate surface area is 226 Å².